The third-order valence-electron chi connectivity index (χ3n) is 7.72. The van der Waals surface area contributed by atoms with Gasteiger partial charge in [0.05, 0.1) is 30.5 Å². The molecule has 0 saturated carbocycles. The molecule has 4 heterocycles. The molecule has 5 aromatic rings. The number of pyridine rings is 1. The second kappa shape index (κ2) is 14.0. The average Bonchev–Trinajstić information content (AvgIpc) is 3.74. The summed E-state index contributed by atoms with van der Waals surface area (Å²) in [5, 5.41) is 20.8. The number of hydrogen-bond acceptors (Lipinski definition) is 10. The van der Waals surface area contributed by atoms with Crippen molar-refractivity contribution in [1.29, 1.82) is 0 Å². The molecule has 1 saturated heterocycles. The third kappa shape index (κ3) is 6.61. The van der Waals surface area contributed by atoms with Gasteiger partial charge in [-0.1, -0.05) is 79.4 Å². The van der Waals surface area contributed by atoms with Crippen LogP contribution in [0.5, 0.6) is 11.5 Å². The Morgan fingerprint density at radius 2 is 1.81 bits per heavy atom. The quantitative estimate of drug-likeness (QED) is 0.0482. The number of benzene rings is 2. The number of aromatic nitrogens is 4. The average molecular weight is 670 g/mol. The molecule has 1 N–H and O–H groups in total. The minimum atomic E-state index is -1.02. The Hall–Kier alpha value is -4.68. The van der Waals surface area contributed by atoms with Crippen LogP contribution in [0.15, 0.2) is 82.8 Å². The molecule has 0 bridgehead atoms. The number of ether oxygens (including phenoxy) is 2. The van der Waals surface area contributed by atoms with Crippen molar-refractivity contribution < 1.29 is 24.2 Å². The summed E-state index contributed by atoms with van der Waals surface area (Å²) < 4.78 is 14.4. The Morgan fingerprint density at radius 3 is 2.57 bits per heavy atom. The number of Topliss-reactive ketones (excluding diaryl/α,β-unsaturated/α-hetero) is 1. The molecule has 0 aliphatic carbocycles. The summed E-state index contributed by atoms with van der Waals surface area (Å²) in [6.45, 7) is 8.78. The maximum atomic E-state index is 13.9. The number of aliphatic hydroxyl groups excluding tert-OH is 1. The summed E-state index contributed by atoms with van der Waals surface area (Å²) in [6, 6.07) is 19.7. The summed E-state index contributed by atoms with van der Waals surface area (Å²) in [4.78, 5) is 33.7. The van der Waals surface area contributed by atoms with E-state index in [0.29, 0.717) is 63.3 Å². The van der Waals surface area contributed by atoms with Gasteiger partial charge in [-0.15, -0.1) is 10.2 Å². The zero-order valence-corrected chi connectivity index (χ0v) is 28.2. The largest absolute Gasteiger partial charge is 0.505 e. The van der Waals surface area contributed by atoms with Crippen molar-refractivity contribution >= 4 is 51.3 Å². The van der Waals surface area contributed by atoms with E-state index in [9.17, 15) is 14.7 Å². The summed E-state index contributed by atoms with van der Waals surface area (Å²) in [6.07, 6.45) is 2.63. The molecule has 47 heavy (non-hydrogen) atoms. The molecule has 1 unspecified atom stereocenters. The number of nitrogens with zero attached hydrogens (tertiary/aromatic N) is 5. The number of imidazole rings is 1. The Bertz CT molecular complexity index is 1950. The Morgan fingerprint density at radius 1 is 1.02 bits per heavy atom. The lowest BCUT2D eigenvalue weighted by atomic mass is 9.96. The first kappa shape index (κ1) is 32.3. The van der Waals surface area contributed by atoms with Gasteiger partial charge in [-0.3, -0.25) is 18.9 Å². The lowest BCUT2D eigenvalue weighted by Gasteiger charge is -2.23. The van der Waals surface area contributed by atoms with Gasteiger partial charge in [-0.25, -0.2) is 4.98 Å². The van der Waals surface area contributed by atoms with E-state index in [1.807, 2.05) is 55.5 Å². The smallest absolute Gasteiger partial charge is 0.301 e. The van der Waals surface area contributed by atoms with E-state index in [2.05, 4.69) is 29.0 Å². The lowest BCUT2D eigenvalue weighted by Crippen LogP contribution is -2.29. The number of amides is 1. The van der Waals surface area contributed by atoms with Crippen LogP contribution in [0, 0.1) is 12.8 Å². The van der Waals surface area contributed by atoms with E-state index in [0.717, 1.165) is 12.0 Å². The summed E-state index contributed by atoms with van der Waals surface area (Å²) in [5.41, 5.74) is 3.04. The van der Waals surface area contributed by atoms with Crippen molar-refractivity contribution in [1.82, 2.24) is 19.6 Å². The molecule has 0 radical (unpaired) electrons. The number of ketones is 1. The second-order valence-electron chi connectivity index (χ2n) is 11.4. The van der Waals surface area contributed by atoms with Crippen LogP contribution >= 0.6 is 23.1 Å². The molecule has 242 valence electrons. The molecular weight excluding hydrogens is 635 g/mol. The minimum Gasteiger partial charge on any atom is -0.505 e. The topological polar surface area (TPSA) is 119 Å². The molecule has 1 amide bonds. The lowest BCUT2D eigenvalue weighted by molar-refractivity contribution is -0.132. The van der Waals surface area contributed by atoms with E-state index in [4.69, 9.17) is 9.47 Å². The van der Waals surface area contributed by atoms with E-state index in [1.165, 1.54) is 28.0 Å². The van der Waals surface area contributed by atoms with E-state index in [1.54, 1.807) is 35.7 Å². The van der Waals surface area contributed by atoms with E-state index >= 15 is 0 Å². The van der Waals surface area contributed by atoms with Crippen LogP contribution in [0.3, 0.4) is 0 Å². The van der Waals surface area contributed by atoms with Crippen LogP contribution in [-0.2, 0) is 15.3 Å². The highest BCUT2D eigenvalue weighted by Gasteiger charge is 2.49. The third-order valence-corrected chi connectivity index (χ3v) is 9.84. The van der Waals surface area contributed by atoms with Gasteiger partial charge < -0.3 is 14.6 Å². The normalized spacial score (nSPS) is 16.0. The number of carbonyl (C=O) groups excluding carboxylic acids is 2. The highest BCUT2D eigenvalue weighted by atomic mass is 32.2. The Balaban J connectivity index is 1.45. The van der Waals surface area contributed by atoms with Gasteiger partial charge in [0.2, 0.25) is 5.13 Å². The van der Waals surface area contributed by atoms with E-state index in [-0.39, 0.29) is 16.5 Å². The molecule has 10 nitrogen and oxygen atoms in total. The molecule has 12 heteroatoms. The van der Waals surface area contributed by atoms with Crippen LogP contribution in [-0.4, -0.2) is 49.6 Å². The molecule has 1 aliphatic heterocycles. The predicted molar refractivity (Wildman–Crippen MR) is 183 cm³/mol. The van der Waals surface area contributed by atoms with Crippen molar-refractivity contribution in [2.75, 3.05) is 18.1 Å². The van der Waals surface area contributed by atoms with Crippen molar-refractivity contribution in [3.63, 3.8) is 0 Å². The SMILES string of the molecule is CCOc1cc(C2C(=C(O)c3c(C)nc4ccccn34)C(=O)C(=O)N2c2nnc(SCc3ccccc3)s2)ccc1OCCC(C)C. The van der Waals surface area contributed by atoms with Crippen molar-refractivity contribution in [2.45, 2.75) is 50.3 Å². The number of carbonyl (C=O) groups is 2. The first-order chi connectivity index (χ1) is 22.8. The summed E-state index contributed by atoms with van der Waals surface area (Å²) in [7, 11) is 0. The molecule has 1 aliphatic rings. The fourth-order valence-electron chi connectivity index (χ4n) is 5.44. The zero-order valence-electron chi connectivity index (χ0n) is 26.5. The van der Waals surface area contributed by atoms with Crippen molar-refractivity contribution in [3.8, 4) is 11.5 Å². The predicted octanol–water partition coefficient (Wildman–Crippen LogP) is 7.24. The van der Waals surface area contributed by atoms with Gasteiger partial charge in [-0.05, 0) is 61.6 Å². The number of aliphatic hydroxyl groups is 1. The van der Waals surface area contributed by atoms with Gasteiger partial charge in [0, 0.05) is 11.9 Å². The minimum absolute atomic E-state index is 0.0756. The number of aryl methyl sites for hydroxylation is 1. The molecule has 2 aromatic carbocycles. The van der Waals surface area contributed by atoms with Gasteiger partial charge in [0.1, 0.15) is 11.3 Å². The number of rotatable bonds is 12. The monoisotopic (exact) mass is 669 g/mol. The first-order valence-electron chi connectivity index (χ1n) is 15.4. The van der Waals surface area contributed by atoms with Crippen LogP contribution in [0.25, 0.3) is 11.4 Å². The van der Waals surface area contributed by atoms with Gasteiger partial charge in [0.15, 0.2) is 21.6 Å². The first-order valence-corrected chi connectivity index (χ1v) is 17.2. The number of thioether (sulfide) groups is 1. The number of hydrogen-bond donors (Lipinski definition) is 1. The fourth-order valence-corrected chi connectivity index (χ4v) is 7.26. The Kier molecular flexibility index (Phi) is 9.60. The fraction of sp³-hybridized carbons (Fsp3) is 0.286. The molecule has 1 atom stereocenters. The summed E-state index contributed by atoms with van der Waals surface area (Å²) in [5.74, 6) is 0.195. The van der Waals surface area contributed by atoms with Crippen LogP contribution in [0.4, 0.5) is 5.13 Å². The van der Waals surface area contributed by atoms with Gasteiger partial charge >= 0.3 is 5.91 Å². The van der Waals surface area contributed by atoms with Crippen molar-refractivity contribution in [3.05, 3.63) is 101 Å². The highest BCUT2D eigenvalue weighted by molar-refractivity contribution is 8.00. The van der Waals surface area contributed by atoms with Gasteiger partial charge in [-0.2, -0.15) is 0 Å². The molecular formula is C35H35N5O5S2. The number of anilines is 1. The molecule has 0 spiro atoms. The number of fused-ring (bicyclic) bond motifs is 1. The van der Waals surface area contributed by atoms with Crippen LogP contribution < -0.4 is 14.4 Å². The molecule has 3 aromatic heterocycles. The maximum absolute atomic E-state index is 13.9. The van der Waals surface area contributed by atoms with Gasteiger partial charge in [0.25, 0.3) is 5.78 Å². The molecule has 1 fully saturated rings. The zero-order chi connectivity index (χ0) is 33.1. The second-order valence-corrected chi connectivity index (χ2v) is 13.6. The standard InChI is InChI=1S/C35H35N5O5S2/c1-5-44-26-19-24(14-15-25(26)45-18-16-21(2)3)30-28(31(41)29-22(4)36-27-13-9-10-17-39(27)29)32(42)33(43)40(30)34-37-38-35(47-34)46-20-23-11-7-6-8-12-23/h6-15,17,19,21,30,41H,5,16,18,20H2,1-4H3. The maximum Gasteiger partial charge on any atom is 0.301 e. The summed E-state index contributed by atoms with van der Waals surface area (Å²) >= 11 is 2.71. The molecule has 6 rings (SSSR count). The van der Waals surface area contributed by atoms with E-state index < -0.39 is 17.7 Å². The van der Waals surface area contributed by atoms with Crippen LogP contribution in [0.2, 0.25) is 0 Å². The van der Waals surface area contributed by atoms with Crippen LogP contribution in [0.1, 0.15) is 55.7 Å². The van der Waals surface area contributed by atoms with Crippen molar-refractivity contribution in [2.24, 2.45) is 5.92 Å². The highest BCUT2D eigenvalue weighted by Crippen LogP contribution is 2.46. The Labute approximate surface area is 281 Å².